The maximum absolute atomic E-state index is 9.73. The minimum absolute atomic E-state index is 0.0394. The molecule has 1 aromatic rings. The summed E-state index contributed by atoms with van der Waals surface area (Å²) in [6.45, 7) is 6.05. The topological polar surface area (TPSA) is 29.5 Å². The summed E-state index contributed by atoms with van der Waals surface area (Å²) >= 11 is 0. The van der Waals surface area contributed by atoms with Crippen LogP contribution in [-0.2, 0) is 4.74 Å². The van der Waals surface area contributed by atoms with Crippen molar-refractivity contribution in [3.63, 3.8) is 0 Å². The molecule has 1 aliphatic rings. The van der Waals surface area contributed by atoms with Gasteiger partial charge in [0.25, 0.3) is 0 Å². The second-order valence-electron chi connectivity index (χ2n) is 4.15. The van der Waals surface area contributed by atoms with Crippen molar-refractivity contribution in [1.82, 2.24) is 0 Å². The van der Waals surface area contributed by atoms with E-state index < -0.39 is 0 Å². The van der Waals surface area contributed by atoms with E-state index in [0.717, 1.165) is 18.4 Å². The van der Waals surface area contributed by atoms with Crippen molar-refractivity contribution >= 4 is 0 Å². The normalized spacial score (nSPS) is 26.6. The molecule has 1 heterocycles. The van der Waals surface area contributed by atoms with E-state index in [1.165, 1.54) is 5.57 Å². The van der Waals surface area contributed by atoms with Crippen LogP contribution in [0.2, 0.25) is 0 Å². The number of hydrogen-bond donors (Lipinski definition) is 1. The van der Waals surface area contributed by atoms with Crippen LogP contribution in [0.25, 0.3) is 0 Å². The average Bonchev–Trinajstić information content (AvgIpc) is 2.16. The van der Waals surface area contributed by atoms with E-state index in [2.05, 4.69) is 6.58 Å². The summed E-state index contributed by atoms with van der Waals surface area (Å²) in [5.41, 5.74) is 2.06. The number of phenols is 1. The number of ether oxygens (including phenoxy) is 1. The Labute approximate surface area is 90.2 Å². The van der Waals surface area contributed by atoms with Gasteiger partial charge in [-0.1, -0.05) is 30.4 Å². The molecule has 15 heavy (non-hydrogen) atoms. The zero-order chi connectivity index (χ0) is 10.8. The van der Waals surface area contributed by atoms with Crippen LogP contribution in [0.3, 0.4) is 0 Å². The molecule has 1 N–H and O–H groups in total. The predicted molar refractivity (Wildman–Crippen MR) is 59.8 cm³/mol. The molecule has 0 aliphatic carbocycles. The van der Waals surface area contributed by atoms with Crippen molar-refractivity contribution in [3.8, 4) is 5.75 Å². The summed E-state index contributed by atoms with van der Waals surface area (Å²) in [6, 6.07) is 7.34. The van der Waals surface area contributed by atoms with Crippen LogP contribution in [0.15, 0.2) is 36.4 Å². The van der Waals surface area contributed by atoms with Gasteiger partial charge >= 0.3 is 0 Å². The standard InChI is InChI=1S/C13H16O2/c1-9-7-10(2)15-13(8-9)11-5-3-4-6-12(11)14/h3-6,10,13-14H,1,7-8H2,2H3. The third-order valence-corrected chi connectivity index (χ3v) is 2.73. The van der Waals surface area contributed by atoms with Gasteiger partial charge in [-0.25, -0.2) is 0 Å². The first-order chi connectivity index (χ1) is 7.16. The van der Waals surface area contributed by atoms with Gasteiger partial charge in [-0.3, -0.25) is 0 Å². The van der Waals surface area contributed by atoms with Gasteiger partial charge in [-0.05, 0) is 25.8 Å². The molecular formula is C13H16O2. The first-order valence-electron chi connectivity index (χ1n) is 5.27. The summed E-state index contributed by atoms with van der Waals surface area (Å²) < 4.78 is 5.80. The molecule has 2 unspecified atom stereocenters. The van der Waals surface area contributed by atoms with Crippen LogP contribution >= 0.6 is 0 Å². The van der Waals surface area contributed by atoms with Crippen molar-refractivity contribution in [2.24, 2.45) is 0 Å². The van der Waals surface area contributed by atoms with E-state index in [4.69, 9.17) is 4.74 Å². The predicted octanol–water partition coefficient (Wildman–Crippen LogP) is 3.19. The van der Waals surface area contributed by atoms with Crippen molar-refractivity contribution < 1.29 is 9.84 Å². The lowest BCUT2D eigenvalue weighted by molar-refractivity contribution is -0.0233. The Morgan fingerprint density at radius 2 is 2.07 bits per heavy atom. The summed E-state index contributed by atoms with van der Waals surface area (Å²) in [6.07, 6.45) is 1.88. The molecule has 1 fully saturated rings. The van der Waals surface area contributed by atoms with E-state index in [9.17, 15) is 5.11 Å². The lowest BCUT2D eigenvalue weighted by atomic mass is 9.95. The van der Waals surface area contributed by atoms with Gasteiger partial charge in [0.15, 0.2) is 0 Å². The molecule has 0 aromatic heterocycles. The van der Waals surface area contributed by atoms with E-state index in [1.54, 1.807) is 6.07 Å². The van der Waals surface area contributed by atoms with Gasteiger partial charge in [0, 0.05) is 5.56 Å². The Kier molecular flexibility index (Phi) is 2.78. The maximum Gasteiger partial charge on any atom is 0.121 e. The van der Waals surface area contributed by atoms with Gasteiger partial charge in [0.1, 0.15) is 5.75 Å². The molecule has 0 amide bonds. The first-order valence-corrected chi connectivity index (χ1v) is 5.27. The minimum Gasteiger partial charge on any atom is -0.508 e. The maximum atomic E-state index is 9.73. The van der Waals surface area contributed by atoms with Gasteiger partial charge in [-0.15, -0.1) is 0 Å². The summed E-state index contributed by atoms with van der Waals surface area (Å²) in [7, 11) is 0. The second-order valence-corrected chi connectivity index (χ2v) is 4.15. The minimum atomic E-state index is -0.0394. The summed E-state index contributed by atoms with van der Waals surface area (Å²) in [4.78, 5) is 0. The monoisotopic (exact) mass is 204 g/mol. The highest BCUT2D eigenvalue weighted by atomic mass is 16.5. The zero-order valence-electron chi connectivity index (χ0n) is 8.94. The number of aromatic hydroxyl groups is 1. The third-order valence-electron chi connectivity index (χ3n) is 2.73. The number of hydrogen-bond acceptors (Lipinski definition) is 2. The van der Waals surface area contributed by atoms with E-state index in [-0.39, 0.29) is 12.2 Å². The molecule has 0 spiro atoms. The quantitative estimate of drug-likeness (QED) is 0.712. The third kappa shape index (κ3) is 2.21. The largest absolute Gasteiger partial charge is 0.508 e. The van der Waals surface area contributed by atoms with E-state index in [1.807, 2.05) is 25.1 Å². The molecule has 0 radical (unpaired) electrons. The van der Waals surface area contributed by atoms with Crippen LogP contribution in [-0.4, -0.2) is 11.2 Å². The molecule has 80 valence electrons. The molecule has 0 saturated carbocycles. The molecule has 1 saturated heterocycles. The summed E-state index contributed by atoms with van der Waals surface area (Å²) in [5, 5.41) is 9.73. The summed E-state index contributed by atoms with van der Waals surface area (Å²) in [5.74, 6) is 0.310. The lowest BCUT2D eigenvalue weighted by Gasteiger charge is -2.30. The number of para-hydroxylation sites is 1. The highest BCUT2D eigenvalue weighted by molar-refractivity contribution is 5.34. The molecule has 1 aromatic carbocycles. The Balaban J connectivity index is 2.23. The fraction of sp³-hybridized carbons (Fsp3) is 0.385. The van der Waals surface area contributed by atoms with E-state index >= 15 is 0 Å². The average molecular weight is 204 g/mol. The Bertz CT molecular complexity index is 371. The van der Waals surface area contributed by atoms with Crippen LogP contribution in [0, 0.1) is 0 Å². The Hall–Kier alpha value is -1.28. The van der Waals surface area contributed by atoms with Crippen LogP contribution in [0.1, 0.15) is 31.4 Å². The molecular weight excluding hydrogens is 188 g/mol. The van der Waals surface area contributed by atoms with Gasteiger partial charge in [0.05, 0.1) is 12.2 Å². The van der Waals surface area contributed by atoms with Crippen LogP contribution in [0.5, 0.6) is 5.75 Å². The number of phenolic OH excluding ortho intramolecular Hbond substituents is 1. The van der Waals surface area contributed by atoms with Gasteiger partial charge in [0.2, 0.25) is 0 Å². The van der Waals surface area contributed by atoms with Crippen molar-refractivity contribution in [2.75, 3.05) is 0 Å². The van der Waals surface area contributed by atoms with Crippen LogP contribution in [0.4, 0.5) is 0 Å². The van der Waals surface area contributed by atoms with Gasteiger partial charge < -0.3 is 9.84 Å². The van der Waals surface area contributed by atoms with Crippen molar-refractivity contribution in [1.29, 1.82) is 0 Å². The molecule has 2 atom stereocenters. The first kappa shape index (κ1) is 10.2. The number of benzene rings is 1. The molecule has 2 heteroatoms. The van der Waals surface area contributed by atoms with Gasteiger partial charge in [-0.2, -0.15) is 0 Å². The SMILES string of the molecule is C=C1CC(C)OC(c2ccccc2O)C1. The number of rotatable bonds is 1. The Morgan fingerprint density at radius 1 is 1.33 bits per heavy atom. The van der Waals surface area contributed by atoms with E-state index in [0.29, 0.717) is 5.75 Å². The Morgan fingerprint density at radius 3 is 2.73 bits per heavy atom. The molecule has 2 nitrogen and oxygen atoms in total. The van der Waals surface area contributed by atoms with Crippen molar-refractivity contribution in [3.05, 3.63) is 42.0 Å². The highest BCUT2D eigenvalue weighted by Gasteiger charge is 2.24. The van der Waals surface area contributed by atoms with Crippen LogP contribution < -0.4 is 0 Å². The molecule has 0 bridgehead atoms. The smallest absolute Gasteiger partial charge is 0.121 e. The highest BCUT2D eigenvalue weighted by Crippen LogP contribution is 2.37. The molecule has 2 rings (SSSR count). The molecule has 1 aliphatic heterocycles. The second kappa shape index (κ2) is 4.07. The fourth-order valence-corrected chi connectivity index (χ4v) is 2.07. The lowest BCUT2D eigenvalue weighted by Crippen LogP contribution is -2.20. The van der Waals surface area contributed by atoms with Crippen molar-refractivity contribution in [2.45, 2.75) is 32.0 Å². The zero-order valence-corrected chi connectivity index (χ0v) is 8.94. The fourth-order valence-electron chi connectivity index (χ4n) is 2.07.